The first-order valence-electron chi connectivity index (χ1n) is 7.20. The maximum atomic E-state index is 5.49. The van der Waals surface area contributed by atoms with Gasteiger partial charge in [-0.2, -0.15) is 0 Å². The molecule has 1 N–H and O–H groups in total. The van der Waals surface area contributed by atoms with Crippen molar-refractivity contribution in [2.24, 2.45) is 0 Å². The van der Waals surface area contributed by atoms with Crippen LogP contribution in [0.25, 0.3) is 0 Å². The standard InChI is InChI=1S/C13H25IN4O3/c1-12(2)13-11-18(17-16-13)4-6-20-8-10-21-9-7-19-5-3-15-14/h11-12,15H,3-10H2,1-2H3. The zero-order chi connectivity index (χ0) is 15.3. The van der Waals surface area contributed by atoms with Gasteiger partial charge >= 0.3 is 0 Å². The molecule has 0 fully saturated rings. The van der Waals surface area contributed by atoms with Crippen LogP contribution in [-0.4, -0.2) is 61.2 Å². The highest BCUT2D eigenvalue weighted by Crippen LogP contribution is 2.08. The summed E-state index contributed by atoms with van der Waals surface area (Å²) in [6.45, 7) is 9.48. The highest BCUT2D eigenvalue weighted by molar-refractivity contribution is 14.1. The van der Waals surface area contributed by atoms with E-state index in [1.165, 1.54) is 0 Å². The first-order chi connectivity index (χ1) is 10.2. The summed E-state index contributed by atoms with van der Waals surface area (Å²) in [4.78, 5) is 0. The van der Waals surface area contributed by atoms with Crippen LogP contribution in [0.5, 0.6) is 0 Å². The molecule has 1 rings (SSSR count). The SMILES string of the molecule is CC(C)c1cn(CCOCCOCCOCCNI)nn1. The van der Waals surface area contributed by atoms with E-state index in [4.69, 9.17) is 14.2 Å². The summed E-state index contributed by atoms with van der Waals surface area (Å²) in [6.07, 6.45) is 1.96. The van der Waals surface area contributed by atoms with Gasteiger partial charge in [0, 0.05) is 35.6 Å². The second-order valence-corrected chi connectivity index (χ2v) is 5.54. The zero-order valence-corrected chi connectivity index (χ0v) is 14.9. The summed E-state index contributed by atoms with van der Waals surface area (Å²) >= 11 is 2.10. The Labute approximate surface area is 140 Å². The average molecular weight is 412 g/mol. The monoisotopic (exact) mass is 412 g/mol. The fraction of sp³-hybridized carbons (Fsp3) is 0.846. The minimum Gasteiger partial charge on any atom is -0.378 e. The van der Waals surface area contributed by atoms with Crippen molar-refractivity contribution in [3.05, 3.63) is 11.9 Å². The molecule has 0 spiro atoms. The molecule has 0 bridgehead atoms. The topological polar surface area (TPSA) is 70.4 Å². The number of rotatable bonds is 13. The number of nitrogens with zero attached hydrogens (tertiary/aromatic N) is 3. The third kappa shape index (κ3) is 9.35. The molecular formula is C13H25IN4O3. The Bertz CT molecular complexity index is 363. The number of nitrogens with one attached hydrogen (secondary N) is 1. The van der Waals surface area contributed by atoms with Crippen LogP contribution in [0.3, 0.4) is 0 Å². The minimum absolute atomic E-state index is 0.406. The molecule has 0 aliphatic heterocycles. The van der Waals surface area contributed by atoms with Gasteiger partial charge in [0.1, 0.15) is 0 Å². The molecule has 1 aromatic heterocycles. The second-order valence-electron chi connectivity index (χ2n) is 4.78. The van der Waals surface area contributed by atoms with Gasteiger partial charge < -0.3 is 14.2 Å². The highest BCUT2D eigenvalue weighted by atomic mass is 127. The third-order valence-corrected chi connectivity index (χ3v) is 3.24. The van der Waals surface area contributed by atoms with Crippen LogP contribution < -0.4 is 3.53 Å². The number of aromatic nitrogens is 3. The fourth-order valence-corrected chi connectivity index (χ4v) is 1.72. The van der Waals surface area contributed by atoms with Crippen LogP contribution in [-0.2, 0) is 20.8 Å². The minimum atomic E-state index is 0.406. The molecule has 0 aromatic carbocycles. The van der Waals surface area contributed by atoms with E-state index >= 15 is 0 Å². The van der Waals surface area contributed by atoms with Crippen LogP contribution in [0.15, 0.2) is 6.20 Å². The molecule has 0 aliphatic carbocycles. The van der Waals surface area contributed by atoms with Crippen molar-refractivity contribution in [1.82, 2.24) is 18.5 Å². The van der Waals surface area contributed by atoms with Crippen molar-refractivity contribution in [2.75, 3.05) is 46.2 Å². The molecule has 21 heavy (non-hydrogen) atoms. The molecule has 0 aliphatic rings. The number of halogens is 1. The van der Waals surface area contributed by atoms with Gasteiger partial charge in [-0.1, -0.05) is 19.1 Å². The molecule has 0 unspecified atom stereocenters. The van der Waals surface area contributed by atoms with E-state index in [1.807, 2.05) is 10.9 Å². The van der Waals surface area contributed by atoms with Gasteiger partial charge in [0.2, 0.25) is 0 Å². The molecule has 0 saturated carbocycles. The van der Waals surface area contributed by atoms with Gasteiger partial charge in [0.15, 0.2) is 0 Å². The lowest BCUT2D eigenvalue weighted by Crippen LogP contribution is -2.14. The van der Waals surface area contributed by atoms with Gasteiger partial charge in [-0.05, 0) is 5.92 Å². The van der Waals surface area contributed by atoms with Crippen molar-refractivity contribution in [3.63, 3.8) is 0 Å². The van der Waals surface area contributed by atoms with Crippen molar-refractivity contribution in [2.45, 2.75) is 26.3 Å². The number of hydrogen-bond acceptors (Lipinski definition) is 6. The first-order valence-corrected chi connectivity index (χ1v) is 8.28. The Balaban J connectivity index is 1.88. The van der Waals surface area contributed by atoms with Gasteiger partial charge in [-0.3, -0.25) is 3.53 Å². The normalized spacial score (nSPS) is 11.4. The average Bonchev–Trinajstić information content (AvgIpc) is 2.94. The zero-order valence-electron chi connectivity index (χ0n) is 12.8. The van der Waals surface area contributed by atoms with Gasteiger partial charge in [-0.25, -0.2) is 4.68 Å². The molecule has 8 heteroatoms. The highest BCUT2D eigenvalue weighted by Gasteiger charge is 2.04. The van der Waals surface area contributed by atoms with E-state index in [0.29, 0.717) is 52.1 Å². The summed E-state index contributed by atoms with van der Waals surface area (Å²) in [5, 5.41) is 8.15. The maximum Gasteiger partial charge on any atom is 0.0852 e. The molecule has 122 valence electrons. The molecule has 0 saturated heterocycles. The molecule has 7 nitrogen and oxygen atoms in total. The second kappa shape index (κ2) is 12.3. The Morgan fingerprint density at radius 3 is 2.29 bits per heavy atom. The number of ether oxygens (including phenoxy) is 3. The molecule has 1 aromatic rings. The summed E-state index contributed by atoms with van der Waals surface area (Å²) in [6, 6.07) is 0. The van der Waals surface area contributed by atoms with Crippen LogP contribution >= 0.6 is 22.9 Å². The summed E-state index contributed by atoms with van der Waals surface area (Å²) in [5.74, 6) is 0.406. The smallest absolute Gasteiger partial charge is 0.0852 e. The largest absolute Gasteiger partial charge is 0.378 e. The predicted molar refractivity (Wildman–Crippen MR) is 88.6 cm³/mol. The van der Waals surface area contributed by atoms with E-state index in [-0.39, 0.29) is 0 Å². The van der Waals surface area contributed by atoms with E-state index in [1.54, 1.807) is 0 Å². The van der Waals surface area contributed by atoms with Crippen LogP contribution in [0.4, 0.5) is 0 Å². The van der Waals surface area contributed by atoms with Crippen molar-refractivity contribution in [1.29, 1.82) is 0 Å². The molecular weight excluding hydrogens is 387 g/mol. The number of hydrogen-bond donors (Lipinski definition) is 1. The van der Waals surface area contributed by atoms with Crippen molar-refractivity contribution < 1.29 is 14.2 Å². The summed E-state index contributed by atoms with van der Waals surface area (Å²) in [7, 11) is 0. The van der Waals surface area contributed by atoms with E-state index in [9.17, 15) is 0 Å². The van der Waals surface area contributed by atoms with Crippen molar-refractivity contribution in [3.8, 4) is 0 Å². The lowest BCUT2D eigenvalue weighted by atomic mass is 10.2. The van der Waals surface area contributed by atoms with Gasteiger partial charge in [-0.15, -0.1) is 5.10 Å². The van der Waals surface area contributed by atoms with Crippen molar-refractivity contribution >= 4 is 22.9 Å². The Morgan fingerprint density at radius 2 is 1.71 bits per heavy atom. The summed E-state index contributed by atoms with van der Waals surface area (Å²) < 4.78 is 21.0. The summed E-state index contributed by atoms with van der Waals surface area (Å²) in [5.41, 5.74) is 1.01. The Kier molecular flexibility index (Phi) is 11.0. The van der Waals surface area contributed by atoms with E-state index in [2.05, 4.69) is 50.6 Å². The molecule has 0 radical (unpaired) electrons. The van der Waals surface area contributed by atoms with Gasteiger partial charge in [0.05, 0.1) is 51.9 Å². The fourth-order valence-electron chi connectivity index (χ4n) is 1.50. The third-order valence-electron chi connectivity index (χ3n) is 2.70. The molecule has 1 heterocycles. The quantitative estimate of drug-likeness (QED) is 0.300. The first kappa shape index (κ1) is 18.8. The lowest BCUT2D eigenvalue weighted by Gasteiger charge is -2.06. The molecule has 0 atom stereocenters. The maximum absolute atomic E-state index is 5.49. The van der Waals surface area contributed by atoms with Crippen LogP contribution in [0.2, 0.25) is 0 Å². The Morgan fingerprint density at radius 1 is 1.10 bits per heavy atom. The van der Waals surface area contributed by atoms with E-state index in [0.717, 1.165) is 12.2 Å². The Hall–Kier alpha value is -0.290. The lowest BCUT2D eigenvalue weighted by molar-refractivity contribution is 0.0139. The predicted octanol–water partition coefficient (Wildman–Crippen LogP) is 1.39. The van der Waals surface area contributed by atoms with E-state index < -0.39 is 0 Å². The molecule has 0 amide bonds. The van der Waals surface area contributed by atoms with Crippen LogP contribution in [0, 0.1) is 0 Å². The van der Waals surface area contributed by atoms with Gasteiger partial charge in [0.25, 0.3) is 0 Å². The van der Waals surface area contributed by atoms with Crippen LogP contribution in [0.1, 0.15) is 25.5 Å².